The van der Waals surface area contributed by atoms with Crippen LogP contribution < -0.4 is 9.80 Å². The van der Waals surface area contributed by atoms with Crippen LogP contribution in [0.3, 0.4) is 0 Å². The smallest absolute Gasteiger partial charge is 0.227 e. The zero-order chi connectivity index (χ0) is 17.9. The summed E-state index contributed by atoms with van der Waals surface area (Å²) in [6, 6.07) is 4.03. The van der Waals surface area contributed by atoms with E-state index in [-0.39, 0.29) is 6.10 Å². The summed E-state index contributed by atoms with van der Waals surface area (Å²) in [6.45, 7) is 4.50. The normalized spacial score (nSPS) is 20.4. The number of anilines is 2. The van der Waals surface area contributed by atoms with Crippen LogP contribution in [0.2, 0.25) is 0 Å². The summed E-state index contributed by atoms with van der Waals surface area (Å²) in [4.78, 5) is 13.7. The maximum Gasteiger partial charge on any atom is 0.227 e. The Balaban J connectivity index is 1.47. The Bertz CT molecular complexity index is 710. The number of aryl methyl sites for hydroxylation is 1. The van der Waals surface area contributed by atoms with Gasteiger partial charge in [0.1, 0.15) is 5.82 Å². The fourth-order valence-corrected chi connectivity index (χ4v) is 3.39. The van der Waals surface area contributed by atoms with Crippen molar-refractivity contribution in [2.75, 3.05) is 49.7 Å². The summed E-state index contributed by atoms with van der Waals surface area (Å²) >= 11 is 0. The topological polar surface area (TPSA) is 79.5 Å². The molecule has 2 saturated heterocycles. The van der Waals surface area contributed by atoms with Gasteiger partial charge in [-0.3, -0.25) is 4.68 Å². The minimum Gasteiger partial charge on any atom is -0.389 e. The standard InChI is InChI=1S/C18H26N6O2/c1-22(6-3-8-24-7-2-5-19-24)17-10-16(14-4-9-26-13-14)20-18(21-17)23-11-15(25)12-23/h2,5,7,10,14-15,25H,3-4,6,8-9,11-13H2,1H3/t14-/m1/s1. The lowest BCUT2D eigenvalue weighted by atomic mass is 10.0. The molecule has 0 aromatic carbocycles. The van der Waals surface area contributed by atoms with Gasteiger partial charge in [-0.25, -0.2) is 4.98 Å². The predicted molar refractivity (Wildman–Crippen MR) is 98.5 cm³/mol. The van der Waals surface area contributed by atoms with E-state index >= 15 is 0 Å². The van der Waals surface area contributed by atoms with Crippen LogP contribution in [0.4, 0.5) is 11.8 Å². The predicted octanol–water partition coefficient (Wildman–Crippen LogP) is 0.884. The summed E-state index contributed by atoms with van der Waals surface area (Å²) in [5, 5.41) is 13.9. The number of rotatable bonds is 7. The van der Waals surface area contributed by atoms with Gasteiger partial charge in [-0.15, -0.1) is 0 Å². The summed E-state index contributed by atoms with van der Waals surface area (Å²) in [5.41, 5.74) is 1.04. The van der Waals surface area contributed by atoms with Crippen molar-refractivity contribution in [3.63, 3.8) is 0 Å². The van der Waals surface area contributed by atoms with E-state index in [2.05, 4.69) is 23.1 Å². The maximum absolute atomic E-state index is 9.61. The average Bonchev–Trinajstić information content (AvgIpc) is 3.32. The van der Waals surface area contributed by atoms with Crippen LogP contribution in [0.1, 0.15) is 24.5 Å². The number of ether oxygens (including phenoxy) is 1. The molecule has 0 aliphatic carbocycles. The van der Waals surface area contributed by atoms with E-state index in [0.717, 1.165) is 50.7 Å². The Morgan fingerprint density at radius 2 is 2.23 bits per heavy atom. The van der Waals surface area contributed by atoms with Gasteiger partial charge in [-0.1, -0.05) is 0 Å². The van der Waals surface area contributed by atoms with Gasteiger partial charge in [0.05, 0.1) is 18.4 Å². The molecule has 8 nitrogen and oxygen atoms in total. The third kappa shape index (κ3) is 3.81. The Morgan fingerprint density at radius 3 is 2.92 bits per heavy atom. The monoisotopic (exact) mass is 358 g/mol. The van der Waals surface area contributed by atoms with Crippen molar-refractivity contribution < 1.29 is 9.84 Å². The highest BCUT2D eigenvalue weighted by Crippen LogP contribution is 2.29. The highest BCUT2D eigenvalue weighted by Gasteiger charge is 2.29. The maximum atomic E-state index is 9.61. The third-order valence-corrected chi connectivity index (χ3v) is 5.04. The molecule has 0 spiro atoms. The number of hydrogen-bond donors (Lipinski definition) is 1. The molecule has 4 rings (SSSR count). The fourth-order valence-electron chi connectivity index (χ4n) is 3.39. The SMILES string of the molecule is CN(CCCn1cccn1)c1cc([C@@H]2CCOC2)nc(N2CC(O)C2)n1. The quantitative estimate of drug-likeness (QED) is 0.787. The molecule has 0 amide bonds. The number of β-amino-alcohol motifs (C(OH)–C–C–N with tert-alkyl or cyclic N) is 1. The summed E-state index contributed by atoms with van der Waals surface area (Å²) in [7, 11) is 2.06. The number of aliphatic hydroxyl groups is 1. The van der Waals surface area contributed by atoms with Crippen molar-refractivity contribution in [1.82, 2.24) is 19.7 Å². The van der Waals surface area contributed by atoms with Gasteiger partial charge >= 0.3 is 0 Å². The van der Waals surface area contributed by atoms with Crippen LogP contribution in [0.15, 0.2) is 24.5 Å². The van der Waals surface area contributed by atoms with Gasteiger partial charge in [-0.2, -0.15) is 10.1 Å². The Morgan fingerprint density at radius 1 is 1.35 bits per heavy atom. The molecule has 2 aromatic rings. The summed E-state index contributed by atoms with van der Waals surface area (Å²) < 4.78 is 7.48. The van der Waals surface area contributed by atoms with Gasteiger partial charge in [0.25, 0.3) is 0 Å². The van der Waals surface area contributed by atoms with Crippen LogP contribution in [0.25, 0.3) is 0 Å². The van der Waals surface area contributed by atoms with Crippen molar-refractivity contribution in [2.45, 2.75) is 31.4 Å². The third-order valence-electron chi connectivity index (χ3n) is 5.04. The second kappa shape index (κ2) is 7.59. The van der Waals surface area contributed by atoms with Gasteiger partial charge < -0.3 is 19.6 Å². The summed E-state index contributed by atoms with van der Waals surface area (Å²) in [6.07, 6.45) is 5.50. The Labute approximate surface area is 153 Å². The van der Waals surface area contributed by atoms with E-state index in [1.54, 1.807) is 6.20 Å². The van der Waals surface area contributed by atoms with Gasteiger partial charge in [0.15, 0.2) is 0 Å². The molecule has 2 aliphatic heterocycles. The minimum absolute atomic E-state index is 0.271. The first-order valence-electron chi connectivity index (χ1n) is 9.27. The lowest BCUT2D eigenvalue weighted by Crippen LogP contribution is -2.51. The van der Waals surface area contributed by atoms with E-state index in [1.807, 2.05) is 21.8 Å². The van der Waals surface area contributed by atoms with E-state index in [1.165, 1.54) is 0 Å². The first-order chi connectivity index (χ1) is 12.7. The Kier molecular flexibility index (Phi) is 5.03. The van der Waals surface area contributed by atoms with Crippen molar-refractivity contribution in [1.29, 1.82) is 0 Å². The average molecular weight is 358 g/mol. The molecule has 0 bridgehead atoms. The molecular weight excluding hydrogens is 332 g/mol. The lowest BCUT2D eigenvalue weighted by Gasteiger charge is -2.36. The van der Waals surface area contributed by atoms with Gasteiger partial charge in [0.2, 0.25) is 5.95 Å². The van der Waals surface area contributed by atoms with Crippen molar-refractivity contribution in [3.05, 3.63) is 30.2 Å². The molecule has 2 fully saturated rings. The van der Waals surface area contributed by atoms with Crippen LogP contribution in [-0.4, -0.2) is 70.9 Å². The molecule has 2 aromatic heterocycles. The largest absolute Gasteiger partial charge is 0.389 e. The zero-order valence-electron chi connectivity index (χ0n) is 15.2. The lowest BCUT2D eigenvalue weighted by molar-refractivity contribution is 0.140. The molecule has 1 N–H and O–H groups in total. The first-order valence-corrected chi connectivity index (χ1v) is 9.27. The van der Waals surface area contributed by atoms with Crippen molar-refractivity contribution in [3.8, 4) is 0 Å². The molecule has 0 saturated carbocycles. The molecule has 8 heteroatoms. The first kappa shape index (κ1) is 17.2. The number of aliphatic hydroxyl groups excluding tert-OH is 1. The minimum atomic E-state index is -0.271. The molecular formula is C18H26N6O2. The molecule has 0 unspecified atom stereocenters. The van der Waals surface area contributed by atoms with Crippen LogP contribution in [0.5, 0.6) is 0 Å². The molecule has 1 atom stereocenters. The highest BCUT2D eigenvalue weighted by atomic mass is 16.5. The van der Waals surface area contributed by atoms with Crippen LogP contribution in [-0.2, 0) is 11.3 Å². The Hall–Kier alpha value is -2.19. The molecule has 0 radical (unpaired) electrons. The van der Waals surface area contributed by atoms with E-state index in [9.17, 15) is 5.11 Å². The fraction of sp³-hybridized carbons (Fsp3) is 0.611. The van der Waals surface area contributed by atoms with E-state index in [0.29, 0.717) is 25.0 Å². The second-order valence-electron chi connectivity index (χ2n) is 7.11. The molecule has 26 heavy (non-hydrogen) atoms. The number of hydrogen-bond acceptors (Lipinski definition) is 7. The van der Waals surface area contributed by atoms with Crippen LogP contribution >= 0.6 is 0 Å². The second-order valence-corrected chi connectivity index (χ2v) is 7.11. The summed E-state index contributed by atoms with van der Waals surface area (Å²) in [5.74, 6) is 1.98. The van der Waals surface area contributed by atoms with E-state index in [4.69, 9.17) is 14.7 Å². The highest BCUT2D eigenvalue weighted by molar-refractivity contribution is 5.47. The van der Waals surface area contributed by atoms with Crippen LogP contribution in [0, 0.1) is 0 Å². The van der Waals surface area contributed by atoms with Gasteiger partial charge in [0, 0.05) is 64.2 Å². The van der Waals surface area contributed by atoms with E-state index < -0.39 is 0 Å². The zero-order valence-corrected chi connectivity index (χ0v) is 15.2. The molecule has 2 aliphatic rings. The van der Waals surface area contributed by atoms with Crippen molar-refractivity contribution in [2.24, 2.45) is 0 Å². The molecule has 140 valence electrons. The molecule has 4 heterocycles. The number of nitrogens with zero attached hydrogens (tertiary/aromatic N) is 6. The van der Waals surface area contributed by atoms with Crippen molar-refractivity contribution >= 4 is 11.8 Å². The van der Waals surface area contributed by atoms with Gasteiger partial charge in [-0.05, 0) is 18.9 Å². The number of aromatic nitrogens is 4.